The summed E-state index contributed by atoms with van der Waals surface area (Å²) in [5, 5.41) is 0.658. The van der Waals surface area contributed by atoms with Crippen LogP contribution in [0.2, 0.25) is 5.02 Å². The lowest BCUT2D eigenvalue weighted by molar-refractivity contribution is 0.447. The molecule has 1 fully saturated rings. The Balaban J connectivity index is 2.30. The van der Waals surface area contributed by atoms with Crippen molar-refractivity contribution in [2.24, 2.45) is 5.92 Å². The van der Waals surface area contributed by atoms with E-state index in [4.69, 9.17) is 17.3 Å². The fourth-order valence-electron chi connectivity index (χ4n) is 1.93. The molecule has 0 aliphatic carbocycles. The molecule has 3 heteroatoms. The van der Waals surface area contributed by atoms with Crippen LogP contribution in [-0.4, -0.2) is 13.1 Å². The van der Waals surface area contributed by atoms with Crippen molar-refractivity contribution in [1.82, 2.24) is 0 Å². The lowest BCUT2D eigenvalue weighted by atomic mass is 10.00. The summed E-state index contributed by atoms with van der Waals surface area (Å²) in [6, 6.07) is 3.92. The summed E-state index contributed by atoms with van der Waals surface area (Å²) in [6.45, 7) is 6.58. The Hall–Kier alpha value is -0.890. The van der Waals surface area contributed by atoms with Gasteiger partial charge in [-0.15, -0.1) is 0 Å². The summed E-state index contributed by atoms with van der Waals surface area (Å²) in [5.74, 6) is 0.797. The smallest absolute Gasteiger partial charge is 0.0656 e. The summed E-state index contributed by atoms with van der Waals surface area (Å²) in [4.78, 5) is 2.34. The van der Waals surface area contributed by atoms with Crippen LogP contribution < -0.4 is 10.6 Å². The summed E-state index contributed by atoms with van der Waals surface area (Å²) in [7, 11) is 0. The first-order valence-electron chi connectivity index (χ1n) is 4.88. The quantitative estimate of drug-likeness (QED) is 0.723. The van der Waals surface area contributed by atoms with Crippen LogP contribution in [0.25, 0.3) is 0 Å². The van der Waals surface area contributed by atoms with Gasteiger partial charge < -0.3 is 10.6 Å². The third kappa shape index (κ3) is 1.55. The maximum Gasteiger partial charge on any atom is 0.0656 e. The van der Waals surface area contributed by atoms with E-state index < -0.39 is 0 Å². The van der Waals surface area contributed by atoms with Gasteiger partial charge in [0.05, 0.1) is 10.7 Å². The minimum Gasteiger partial charge on any atom is -0.398 e. The van der Waals surface area contributed by atoms with Gasteiger partial charge in [-0.05, 0) is 30.5 Å². The number of hydrogen-bond donors (Lipinski definition) is 1. The van der Waals surface area contributed by atoms with Gasteiger partial charge in [0.25, 0.3) is 0 Å². The fraction of sp³-hybridized carbons (Fsp3) is 0.455. The average molecular weight is 211 g/mol. The van der Waals surface area contributed by atoms with Crippen molar-refractivity contribution in [1.29, 1.82) is 0 Å². The fourth-order valence-corrected chi connectivity index (χ4v) is 2.09. The van der Waals surface area contributed by atoms with E-state index in [1.807, 2.05) is 12.1 Å². The largest absolute Gasteiger partial charge is 0.398 e. The molecule has 14 heavy (non-hydrogen) atoms. The molecule has 0 amide bonds. The summed E-state index contributed by atoms with van der Waals surface area (Å²) in [6.07, 6.45) is 0. The lowest BCUT2D eigenvalue weighted by Gasteiger charge is -2.40. The van der Waals surface area contributed by atoms with Gasteiger partial charge in [0.2, 0.25) is 0 Å². The van der Waals surface area contributed by atoms with Gasteiger partial charge in [-0.2, -0.15) is 0 Å². The molecule has 1 aromatic carbocycles. The molecule has 0 saturated carbocycles. The Morgan fingerprint density at radius 2 is 2.07 bits per heavy atom. The highest BCUT2D eigenvalue weighted by Crippen LogP contribution is 2.32. The number of anilines is 2. The molecule has 0 unspecified atom stereocenters. The van der Waals surface area contributed by atoms with Crippen LogP contribution >= 0.6 is 11.6 Å². The van der Waals surface area contributed by atoms with Gasteiger partial charge in [-0.3, -0.25) is 0 Å². The average Bonchev–Trinajstić information content (AvgIpc) is 2.07. The molecule has 2 nitrogen and oxygen atoms in total. The molecule has 1 aliphatic rings. The van der Waals surface area contributed by atoms with Crippen molar-refractivity contribution in [2.75, 3.05) is 23.7 Å². The molecule has 1 aromatic rings. The molecule has 2 N–H and O–H groups in total. The number of hydrogen-bond acceptors (Lipinski definition) is 2. The first-order valence-corrected chi connectivity index (χ1v) is 5.26. The molecule has 0 bridgehead atoms. The van der Waals surface area contributed by atoms with Gasteiger partial charge >= 0.3 is 0 Å². The van der Waals surface area contributed by atoms with Crippen molar-refractivity contribution >= 4 is 23.0 Å². The van der Waals surface area contributed by atoms with Crippen molar-refractivity contribution in [3.8, 4) is 0 Å². The van der Waals surface area contributed by atoms with Crippen LogP contribution in [0.4, 0.5) is 11.4 Å². The van der Waals surface area contributed by atoms with E-state index in [0.29, 0.717) is 10.7 Å². The van der Waals surface area contributed by atoms with Crippen LogP contribution in [0.15, 0.2) is 12.1 Å². The second-order valence-corrected chi connectivity index (χ2v) is 4.58. The summed E-state index contributed by atoms with van der Waals surface area (Å²) < 4.78 is 0. The molecule has 1 saturated heterocycles. The Kier molecular flexibility index (Phi) is 2.31. The van der Waals surface area contributed by atoms with E-state index >= 15 is 0 Å². The molecule has 2 rings (SSSR count). The van der Waals surface area contributed by atoms with E-state index in [2.05, 4.69) is 18.7 Å². The highest BCUT2D eigenvalue weighted by Gasteiger charge is 2.24. The zero-order chi connectivity index (χ0) is 10.3. The van der Waals surface area contributed by atoms with Crippen molar-refractivity contribution < 1.29 is 0 Å². The highest BCUT2D eigenvalue weighted by molar-refractivity contribution is 6.33. The van der Waals surface area contributed by atoms with Crippen LogP contribution in [0, 0.1) is 12.8 Å². The first kappa shape index (κ1) is 9.66. The topological polar surface area (TPSA) is 29.3 Å². The normalized spacial score (nSPS) is 16.9. The van der Waals surface area contributed by atoms with E-state index in [-0.39, 0.29) is 0 Å². The SMILES string of the molecule is Cc1cc(N)c(Cl)cc1N1CC(C)C1. The van der Waals surface area contributed by atoms with Crippen LogP contribution in [0.3, 0.4) is 0 Å². The third-order valence-electron chi connectivity index (χ3n) is 2.72. The van der Waals surface area contributed by atoms with Gasteiger partial charge in [-0.25, -0.2) is 0 Å². The highest BCUT2D eigenvalue weighted by atomic mass is 35.5. The maximum absolute atomic E-state index is 6.00. The minimum absolute atomic E-state index is 0.658. The number of nitrogens with two attached hydrogens (primary N) is 1. The number of nitrogen functional groups attached to an aromatic ring is 1. The van der Waals surface area contributed by atoms with Crippen LogP contribution in [0.1, 0.15) is 12.5 Å². The second-order valence-electron chi connectivity index (χ2n) is 4.17. The first-order chi connectivity index (χ1) is 6.58. The Labute approximate surface area is 89.7 Å². The number of benzene rings is 1. The van der Waals surface area contributed by atoms with Crippen molar-refractivity contribution in [3.05, 3.63) is 22.7 Å². The van der Waals surface area contributed by atoms with E-state index in [1.165, 1.54) is 11.3 Å². The zero-order valence-electron chi connectivity index (χ0n) is 8.55. The Bertz CT molecular complexity index is 357. The Morgan fingerprint density at radius 1 is 1.43 bits per heavy atom. The monoisotopic (exact) mass is 210 g/mol. The van der Waals surface area contributed by atoms with Gasteiger partial charge in [0, 0.05) is 18.8 Å². The van der Waals surface area contributed by atoms with Crippen LogP contribution in [0.5, 0.6) is 0 Å². The molecule has 0 radical (unpaired) electrons. The molecular formula is C11H15ClN2. The minimum atomic E-state index is 0.658. The number of halogens is 1. The molecule has 76 valence electrons. The van der Waals surface area contributed by atoms with Crippen molar-refractivity contribution in [2.45, 2.75) is 13.8 Å². The third-order valence-corrected chi connectivity index (χ3v) is 3.05. The molecule has 1 aliphatic heterocycles. The predicted molar refractivity (Wildman–Crippen MR) is 62.0 cm³/mol. The molecule has 1 heterocycles. The molecule has 0 atom stereocenters. The maximum atomic E-state index is 6.00. The Morgan fingerprint density at radius 3 is 2.64 bits per heavy atom. The van der Waals surface area contributed by atoms with Gasteiger partial charge in [0.15, 0.2) is 0 Å². The van der Waals surface area contributed by atoms with Gasteiger partial charge in [0.1, 0.15) is 0 Å². The number of rotatable bonds is 1. The van der Waals surface area contributed by atoms with E-state index in [9.17, 15) is 0 Å². The predicted octanol–water partition coefficient (Wildman–Crippen LogP) is 2.69. The lowest BCUT2D eigenvalue weighted by Crippen LogP contribution is -2.45. The molecule has 0 spiro atoms. The van der Waals surface area contributed by atoms with Gasteiger partial charge in [-0.1, -0.05) is 18.5 Å². The second kappa shape index (κ2) is 3.35. The summed E-state index contributed by atoms with van der Waals surface area (Å²) >= 11 is 6.00. The van der Waals surface area contributed by atoms with E-state index in [0.717, 1.165) is 19.0 Å². The van der Waals surface area contributed by atoms with Crippen LogP contribution in [-0.2, 0) is 0 Å². The zero-order valence-corrected chi connectivity index (χ0v) is 9.30. The summed E-state index contributed by atoms with van der Waals surface area (Å²) in [5.41, 5.74) is 8.83. The number of nitrogens with zero attached hydrogens (tertiary/aromatic N) is 1. The van der Waals surface area contributed by atoms with Crippen molar-refractivity contribution in [3.63, 3.8) is 0 Å². The standard InChI is InChI=1S/C11H15ClN2/c1-7-5-14(6-7)11-4-9(12)10(13)3-8(11)2/h3-4,7H,5-6,13H2,1-2H3. The molecular weight excluding hydrogens is 196 g/mol. The molecule has 0 aromatic heterocycles. The number of aryl methyl sites for hydroxylation is 1. The van der Waals surface area contributed by atoms with E-state index in [1.54, 1.807) is 0 Å².